The molecule has 0 aliphatic carbocycles. The fraction of sp³-hybridized carbons (Fsp3) is 0.429. The Morgan fingerprint density at radius 2 is 2.00 bits per heavy atom. The third-order valence-electron chi connectivity index (χ3n) is 3.00. The molecule has 1 aromatic carbocycles. The minimum atomic E-state index is -0.934. The van der Waals surface area contributed by atoms with Crippen LogP contribution in [0.15, 0.2) is 24.3 Å². The van der Waals surface area contributed by atoms with E-state index < -0.39 is 17.9 Å². The minimum absolute atomic E-state index is 0.172. The molecule has 0 fully saturated rings. The number of amides is 2. The number of carbonyl (C=O) groups excluding carboxylic acids is 2. The Hall–Kier alpha value is -2.08. The van der Waals surface area contributed by atoms with E-state index in [2.05, 4.69) is 5.32 Å². The number of methoxy groups -OCH3 is 1. The zero-order valence-electron chi connectivity index (χ0n) is 11.8. The second kappa shape index (κ2) is 7.49. The van der Waals surface area contributed by atoms with Gasteiger partial charge in [0.1, 0.15) is 5.75 Å². The van der Waals surface area contributed by atoms with Crippen LogP contribution in [0.5, 0.6) is 5.75 Å². The number of hydrogen-bond donors (Lipinski definition) is 3. The van der Waals surface area contributed by atoms with Gasteiger partial charge in [0.2, 0.25) is 11.8 Å². The van der Waals surface area contributed by atoms with Gasteiger partial charge >= 0.3 is 0 Å². The lowest BCUT2D eigenvalue weighted by atomic mass is 10.0. The fourth-order valence-corrected chi connectivity index (χ4v) is 1.94. The van der Waals surface area contributed by atoms with Crippen LogP contribution in [-0.2, 0) is 9.59 Å². The van der Waals surface area contributed by atoms with Gasteiger partial charge in [-0.1, -0.05) is 25.1 Å². The third-order valence-corrected chi connectivity index (χ3v) is 3.00. The molecule has 0 aromatic heterocycles. The number of para-hydroxylation sites is 1. The van der Waals surface area contributed by atoms with E-state index in [4.69, 9.17) is 16.2 Å². The maximum absolute atomic E-state index is 11.9. The Morgan fingerprint density at radius 1 is 1.35 bits per heavy atom. The summed E-state index contributed by atoms with van der Waals surface area (Å²) in [4.78, 5) is 22.7. The van der Waals surface area contributed by atoms with Crippen molar-refractivity contribution in [2.75, 3.05) is 7.11 Å². The molecule has 20 heavy (non-hydrogen) atoms. The molecule has 6 nitrogen and oxygen atoms in total. The molecule has 0 aliphatic heterocycles. The normalized spacial score (nSPS) is 13.3. The first-order chi connectivity index (χ1) is 9.49. The zero-order chi connectivity index (χ0) is 15.1. The van der Waals surface area contributed by atoms with Crippen LogP contribution in [0, 0.1) is 0 Å². The monoisotopic (exact) mass is 279 g/mol. The summed E-state index contributed by atoms with van der Waals surface area (Å²) in [6.45, 7) is 1.94. The average Bonchev–Trinajstić information content (AvgIpc) is 2.43. The number of ether oxygens (including phenoxy) is 1. The van der Waals surface area contributed by atoms with Crippen LogP contribution in [0.1, 0.15) is 31.4 Å². The second-order valence-electron chi connectivity index (χ2n) is 4.49. The largest absolute Gasteiger partial charge is 0.496 e. The quantitative estimate of drug-likeness (QED) is 0.674. The molecule has 0 heterocycles. The van der Waals surface area contributed by atoms with Gasteiger partial charge in [0.15, 0.2) is 0 Å². The van der Waals surface area contributed by atoms with Crippen molar-refractivity contribution >= 4 is 11.8 Å². The highest BCUT2D eigenvalue weighted by molar-refractivity contribution is 5.87. The topological polar surface area (TPSA) is 107 Å². The number of primary amides is 1. The van der Waals surface area contributed by atoms with E-state index in [0.717, 1.165) is 5.56 Å². The molecule has 1 aromatic rings. The molecule has 2 unspecified atom stereocenters. The van der Waals surface area contributed by atoms with Gasteiger partial charge < -0.3 is 21.5 Å². The molecule has 0 bridgehead atoms. The van der Waals surface area contributed by atoms with Crippen LogP contribution < -0.4 is 21.5 Å². The molecule has 110 valence electrons. The van der Waals surface area contributed by atoms with Gasteiger partial charge in [-0.2, -0.15) is 0 Å². The van der Waals surface area contributed by atoms with Crippen molar-refractivity contribution < 1.29 is 14.3 Å². The van der Waals surface area contributed by atoms with Crippen LogP contribution in [0.4, 0.5) is 0 Å². The fourth-order valence-electron chi connectivity index (χ4n) is 1.94. The van der Waals surface area contributed by atoms with Crippen molar-refractivity contribution in [3.05, 3.63) is 29.8 Å². The smallest absolute Gasteiger partial charge is 0.237 e. The summed E-state index contributed by atoms with van der Waals surface area (Å²) in [7, 11) is 1.58. The van der Waals surface area contributed by atoms with E-state index in [-0.39, 0.29) is 12.5 Å². The number of hydrogen-bond acceptors (Lipinski definition) is 4. The highest BCUT2D eigenvalue weighted by Crippen LogP contribution is 2.26. The van der Waals surface area contributed by atoms with Crippen LogP contribution in [0.25, 0.3) is 0 Å². The van der Waals surface area contributed by atoms with E-state index in [0.29, 0.717) is 12.2 Å². The number of benzene rings is 1. The van der Waals surface area contributed by atoms with E-state index in [9.17, 15) is 9.59 Å². The van der Waals surface area contributed by atoms with Gasteiger partial charge in [-0.25, -0.2) is 0 Å². The predicted octanol–water partition coefficient (Wildman–Crippen LogP) is 0.465. The molecule has 0 saturated heterocycles. The van der Waals surface area contributed by atoms with Gasteiger partial charge in [-0.3, -0.25) is 9.59 Å². The lowest BCUT2D eigenvalue weighted by molar-refractivity contribution is -0.126. The Bertz CT molecular complexity index is 476. The number of nitrogens with one attached hydrogen (secondary N) is 1. The van der Waals surface area contributed by atoms with Gasteiger partial charge in [0, 0.05) is 5.56 Å². The Labute approximate surface area is 118 Å². The molecule has 2 atom stereocenters. The Kier molecular flexibility index (Phi) is 5.99. The van der Waals surface area contributed by atoms with Crippen molar-refractivity contribution in [2.24, 2.45) is 11.5 Å². The summed E-state index contributed by atoms with van der Waals surface area (Å²) in [5, 5.41) is 2.81. The summed E-state index contributed by atoms with van der Waals surface area (Å²) in [6.07, 6.45) is 0.504. The van der Waals surface area contributed by atoms with Crippen LogP contribution >= 0.6 is 0 Å². The van der Waals surface area contributed by atoms with Gasteiger partial charge in [0.05, 0.1) is 25.6 Å². The SMILES string of the molecule is CCC(NC(=O)C(N)CC(N)=O)c1ccccc1OC. The summed E-state index contributed by atoms with van der Waals surface area (Å²) in [5.74, 6) is -0.303. The highest BCUT2D eigenvalue weighted by Gasteiger charge is 2.21. The molecular weight excluding hydrogens is 258 g/mol. The van der Waals surface area contributed by atoms with Gasteiger partial charge in [-0.15, -0.1) is 0 Å². The Balaban J connectivity index is 2.81. The first-order valence-electron chi connectivity index (χ1n) is 6.46. The molecule has 0 aliphatic rings. The lowest BCUT2D eigenvalue weighted by Crippen LogP contribution is -2.44. The highest BCUT2D eigenvalue weighted by atomic mass is 16.5. The molecule has 0 spiro atoms. The first-order valence-corrected chi connectivity index (χ1v) is 6.46. The number of nitrogens with two attached hydrogens (primary N) is 2. The first kappa shape index (κ1) is 16.0. The standard InChI is InChI=1S/C14H21N3O3/c1-3-11(9-6-4-5-7-12(9)20-2)17-14(19)10(15)8-13(16)18/h4-7,10-11H,3,8,15H2,1-2H3,(H2,16,18)(H,17,19). The maximum atomic E-state index is 11.9. The minimum Gasteiger partial charge on any atom is -0.496 e. The van der Waals surface area contributed by atoms with Crippen molar-refractivity contribution in [2.45, 2.75) is 31.8 Å². The number of rotatable bonds is 7. The maximum Gasteiger partial charge on any atom is 0.237 e. The molecule has 0 radical (unpaired) electrons. The summed E-state index contributed by atoms with van der Waals surface area (Å²) < 4.78 is 5.28. The van der Waals surface area contributed by atoms with Crippen molar-refractivity contribution in [1.82, 2.24) is 5.32 Å². The number of carbonyl (C=O) groups is 2. The molecule has 2 amide bonds. The van der Waals surface area contributed by atoms with E-state index in [1.807, 2.05) is 31.2 Å². The molecule has 1 rings (SSSR count). The molecule has 6 heteroatoms. The van der Waals surface area contributed by atoms with Crippen molar-refractivity contribution in [1.29, 1.82) is 0 Å². The van der Waals surface area contributed by atoms with Crippen molar-refractivity contribution in [3.8, 4) is 5.75 Å². The van der Waals surface area contributed by atoms with E-state index in [1.54, 1.807) is 7.11 Å². The predicted molar refractivity (Wildman–Crippen MR) is 76.0 cm³/mol. The zero-order valence-corrected chi connectivity index (χ0v) is 11.8. The third kappa shape index (κ3) is 4.24. The molecule has 5 N–H and O–H groups in total. The van der Waals surface area contributed by atoms with Gasteiger partial charge in [-0.05, 0) is 12.5 Å². The summed E-state index contributed by atoms with van der Waals surface area (Å²) in [6, 6.07) is 6.28. The van der Waals surface area contributed by atoms with E-state index >= 15 is 0 Å². The van der Waals surface area contributed by atoms with Crippen LogP contribution in [0.2, 0.25) is 0 Å². The van der Waals surface area contributed by atoms with Crippen LogP contribution in [0.3, 0.4) is 0 Å². The van der Waals surface area contributed by atoms with E-state index in [1.165, 1.54) is 0 Å². The van der Waals surface area contributed by atoms with Crippen molar-refractivity contribution in [3.63, 3.8) is 0 Å². The summed E-state index contributed by atoms with van der Waals surface area (Å²) in [5.41, 5.74) is 11.5. The molecule has 0 saturated carbocycles. The van der Waals surface area contributed by atoms with Crippen LogP contribution in [-0.4, -0.2) is 25.0 Å². The molecular formula is C14H21N3O3. The average molecular weight is 279 g/mol. The Morgan fingerprint density at radius 3 is 2.55 bits per heavy atom. The second-order valence-corrected chi connectivity index (χ2v) is 4.49. The summed E-state index contributed by atoms with van der Waals surface area (Å²) >= 11 is 0. The van der Waals surface area contributed by atoms with Gasteiger partial charge in [0.25, 0.3) is 0 Å². The lowest BCUT2D eigenvalue weighted by Gasteiger charge is -2.21.